The van der Waals surface area contributed by atoms with Crippen molar-refractivity contribution in [2.75, 3.05) is 7.05 Å². The van der Waals surface area contributed by atoms with Crippen molar-refractivity contribution in [2.45, 2.75) is 39.0 Å². The molecule has 0 heterocycles. The third-order valence-electron chi connectivity index (χ3n) is 3.86. The van der Waals surface area contributed by atoms with E-state index in [0.717, 1.165) is 19.3 Å². The van der Waals surface area contributed by atoms with Crippen molar-refractivity contribution in [2.24, 2.45) is 10.7 Å². The van der Waals surface area contributed by atoms with Crippen LogP contribution in [-0.2, 0) is 0 Å². The Bertz CT molecular complexity index is 635. The monoisotopic (exact) mass is 328 g/mol. The molecule has 2 rings (SSSR count). The average molecular weight is 328 g/mol. The maximum Gasteiger partial charge on any atom is 0.123 e. The quantitative estimate of drug-likeness (QED) is 0.564. The van der Waals surface area contributed by atoms with E-state index in [1.54, 1.807) is 31.5 Å². The summed E-state index contributed by atoms with van der Waals surface area (Å²) in [6, 6.07) is 3.26. The number of rotatable bonds is 3. The lowest BCUT2D eigenvalue weighted by Crippen LogP contribution is -2.03. The third kappa shape index (κ3) is 5.01. The molecule has 0 aromatic heterocycles. The lowest BCUT2D eigenvalue weighted by molar-refractivity contribution is 0.428. The van der Waals surface area contributed by atoms with Crippen molar-refractivity contribution in [1.29, 1.82) is 0 Å². The second kappa shape index (κ2) is 9.60. The van der Waals surface area contributed by atoms with E-state index in [1.165, 1.54) is 11.8 Å². The zero-order chi connectivity index (χ0) is 18.1. The van der Waals surface area contributed by atoms with Crippen molar-refractivity contribution in [3.05, 3.63) is 53.8 Å². The molecule has 4 N–H and O–H groups in total. The van der Waals surface area contributed by atoms with E-state index < -0.39 is 0 Å². The summed E-state index contributed by atoms with van der Waals surface area (Å²) in [6.45, 7) is 7.33. The molecule has 0 saturated carbocycles. The van der Waals surface area contributed by atoms with Gasteiger partial charge in [-0.3, -0.25) is 4.99 Å². The van der Waals surface area contributed by atoms with Gasteiger partial charge < -0.3 is 15.9 Å². The molecule has 1 aromatic rings. The summed E-state index contributed by atoms with van der Waals surface area (Å²) < 4.78 is 0. The molecule has 0 radical (unpaired) electrons. The maximum absolute atomic E-state index is 10.3. The number of benzene rings is 1. The van der Waals surface area contributed by atoms with E-state index >= 15 is 0 Å². The van der Waals surface area contributed by atoms with E-state index in [2.05, 4.69) is 24.6 Å². The molecule has 0 saturated heterocycles. The van der Waals surface area contributed by atoms with Crippen LogP contribution in [0.1, 0.15) is 50.2 Å². The van der Waals surface area contributed by atoms with Gasteiger partial charge in [-0.1, -0.05) is 17.7 Å². The topological polar surface area (TPSA) is 78.8 Å². The first-order chi connectivity index (χ1) is 11.5. The number of nitrogens with zero attached hydrogens (tertiary/aromatic N) is 1. The van der Waals surface area contributed by atoms with Crippen LogP contribution in [0.3, 0.4) is 0 Å². The second-order valence-electron chi connectivity index (χ2n) is 5.86. The molecule has 0 fully saturated rings. The average Bonchev–Trinajstić information content (AvgIpc) is 2.52. The number of aromatic hydroxyl groups is 2. The Hall–Kier alpha value is -2.49. The van der Waals surface area contributed by atoms with E-state index in [-0.39, 0.29) is 17.4 Å². The van der Waals surface area contributed by atoms with Crippen LogP contribution in [-0.4, -0.2) is 23.5 Å². The summed E-state index contributed by atoms with van der Waals surface area (Å²) in [5.41, 5.74) is 8.77. The lowest BCUT2D eigenvalue weighted by Gasteiger charge is -2.22. The van der Waals surface area contributed by atoms with E-state index in [0.29, 0.717) is 16.7 Å². The molecule has 1 atom stereocenters. The standard InChI is InChI=1S/C17H22N2O2.C3H6/c1-11-4-3-5-12(6-11)17-15(20)7-13(8-16(17)21)14(9-18)10-19-2;1-3-2/h6-10,12,20-21H,3-5,18H2,1-2H3;3H,1H2,2H3/b14-9+,19-10?;. The molecular formula is C20H28N2O2. The molecule has 1 aliphatic rings. The molecule has 1 unspecified atom stereocenters. The van der Waals surface area contributed by atoms with Gasteiger partial charge in [0.2, 0.25) is 0 Å². The zero-order valence-electron chi connectivity index (χ0n) is 14.8. The first kappa shape index (κ1) is 19.6. The molecule has 1 aromatic carbocycles. The molecule has 130 valence electrons. The predicted octanol–water partition coefficient (Wildman–Crippen LogP) is 4.50. The molecule has 4 heteroatoms. The predicted molar refractivity (Wildman–Crippen MR) is 103 cm³/mol. The Kier molecular flexibility index (Phi) is 7.83. The molecule has 0 aliphatic heterocycles. The van der Waals surface area contributed by atoms with Gasteiger partial charge in [-0.15, -0.1) is 6.58 Å². The van der Waals surface area contributed by atoms with Gasteiger partial charge in [-0.25, -0.2) is 0 Å². The number of phenolic OH excluding ortho intramolecular Hbond substituents is 2. The highest BCUT2D eigenvalue weighted by Gasteiger charge is 2.21. The fraction of sp³-hybridized carbons (Fsp3) is 0.350. The Morgan fingerprint density at radius 2 is 1.92 bits per heavy atom. The minimum atomic E-state index is 0.0675. The summed E-state index contributed by atoms with van der Waals surface area (Å²) in [6.07, 6.45) is 9.98. The first-order valence-corrected chi connectivity index (χ1v) is 8.13. The molecule has 1 aliphatic carbocycles. The summed E-state index contributed by atoms with van der Waals surface area (Å²) >= 11 is 0. The van der Waals surface area contributed by atoms with Gasteiger partial charge in [0.05, 0.1) is 0 Å². The molecule has 4 nitrogen and oxygen atoms in total. The minimum absolute atomic E-state index is 0.0675. The minimum Gasteiger partial charge on any atom is -0.507 e. The van der Waals surface area contributed by atoms with Crippen molar-refractivity contribution >= 4 is 11.8 Å². The number of aliphatic imine (C=N–C) groups is 1. The first-order valence-electron chi connectivity index (χ1n) is 8.13. The van der Waals surface area contributed by atoms with Gasteiger partial charge in [-0.05, 0) is 50.8 Å². The Morgan fingerprint density at radius 1 is 1.33 bits per heavy atom. The van der Waals surface area contributed by atoms with Gasteiger partial charge in [0.25, 0.3) is 0 Å². The van der Waals surface area contributed by atoms with Crippen LogP contribution in [0.15, 0.2) is 47.6 Å². The van der Waals surface area contributed by atoms with Crippen molar-refractivity contribution in [3.63, 3.8) is 0 Å². The fourth-order valence-corrected chi connectivity index (χ4v) is 2.86. The van der Waals surface area contributed by atoms with E-state index in [9.17, 15) is 10.2 Å². The highest BCUT2D eigenvalue weighted by Crippen LogP contribution is 2.42. The highest BCUT2D eigenvalue weighted by molar-refractivity contribution is 6.09. The lowest BCUT2D eigenvalue weighted by atomic mass is 9.84. The van der Waals surface area contributed by atoms with Crippen LogP contribution in [0.2, 0.25) is 0 Å². The van der Waals surface area contributed by atoms with Crippen LogP contribution < -0.4 is 5.73 Å². The summed E-state index contributed by atoms with van der Waals surface area (Å²) in [7, 11) is 1.65. The van der Waals surface area contributed by atoms with Crippen LogP contribution >= 0.6 is 0 Å². The maximum atomic E-state index is 10.3. The second-order valence-corrected chi connectivity index (χ2v) is 5.86. The third-order valence-corrected chi connectivity index (χ3v) is 3.86. The number of nitrogens with two attached hydrogens (primary N) is 1. The number of allylic oxidation sites excluding steroid dienone is 4. The van der Waals surface area contributed by atoms with Gasteiger partial charge >= 0.3 is 0 Å². The van der Waals surface area contributed by atoms with Gasteiger partial charge in [-0.2, -0.15) is 0 Å². The van der Waals surface area contributed by atoms with Crippen LogP contribution in [0, 0.1) is 0 Å². The largest absolute Gasteiger partial charge is 0.507 e. The SMILES string of the molecule is C=CC.CN=C/C(=C\N)c1cc(O)c(C2C=C(C)CCC2)c(O)c1. The van der Waals surface area contributed by atoms with Crippen molar-refractivity contribution in [3.8, 4) is 11.5 Å². The Morgan fingerprint density at radius 3 is 2.38 bits per heavy atom. The van der Waals surface area contributed by atoms with Crippen LogP contribution in [0.25, 0.3) is 5.57 Å². The van der Waals surface area contributed by atoms with Gasteiger partial charge in [0, 0.05) is 36.5 Å². The fourth-order valence-electron chi connectivity index (χ4n) is 2.86. The normalized spacial score (nSPS) is 17.9. The van der Waals surface area contributed by atoms with Crippen molar-refractivity contribution in [1.82, 2.24) is 0 Å². The molecule has 0 spiro atoms. The van der Waals surface area contributed by atoms with Gasteiger partial charge in [0.15, 0.2) is 0 Å². The summed E-state index contributed by atoms with van der Waals surface area (Å²) in [5.74, 6) is 0.271. The molecule has 0 amide bonds. The van der Waals surface area contributed by atoms with Crippen molar-refractivity contribution < 1.29 is 10.2 Å². The van der Waals surface area contributed by atoms with Gasteiger partial charge in [0.1, 0.15) is 11.5 Å². The van der Waals surface area contributed by atoms with Crippen LogP contribution in [0.4, 0.5) is 0 Å². The smallest absolute Gasteiger partial charge is 0.123 e. The number of phenols is 2. The number of hydrogen-bond donors (Lipinski definition) is 3. The zero-order valence-corrected chi connectivity index (χ0v) is 14.8. The van der Waals surface area contributed by atoms with E-state index in [1.807, 2.05) is 6.92 Å². The van der Waals surface area contributed by atoms with Crippen LogP contribution in [0.5, 0.6) is 11.5 Å². The summed E-state index contributed by atoms with van der Waals surface area (Å²) in [4.78, 5) is 3.92. The molecule has 24 heavy (non-hydrogen) atoms. The number of hydrogen-bond acceptors (Lipinski definition) is 4. The Labute approximate surface area is 144 Å². The molecule has 0 bridgehead atoms. The highest BCUT2D eigenvalue weighted by atomic mass is 16.3. The van der Waals surface area contributed by atoms with E-state index in [4.69, 9.17) is 5.73 Å². The summed E-state index contributed by atoms with van der Waals surface area (Å²) in [5, 5.41) is 20.6. The molecular weight excluding hydrogens is 300 g/mol. The Balaban J connectivity index is 0.000000891.